The number of halogens is 1. The number of carboxylic acids is 1. The maximum absolute atomic E-state index is 10.7. The summed E-state index contributed by atoms with van der Waals surface area (Å²) in [6, 6.07) is 3.34. The van der Waals surface area contributed by atoms with E-state index in [0.717, 1.165) is 4.47 Å². The van der Waals surface area contributed by atoms with Crippen LogP contribution < -0.4 is 0 Å². The van der Waals surface area contributed by atoms with Gasteiger partial charge in [-0.3, -0.25) is 0 Å². The summed E-state index contributed by atoms with van der Waals surface area (Å²) in [5.41, 5.74) is 0.975. The average molecular weight is 247 g/mol. The van der Waals surface area contributed by atoms with E-state index in [2.05, 4.69) is 28.6 Å². The summed E-state index contributed by atoms with van der Waals surface area (Å²) in [5, 5.41) is 8.76. The van der Waals surface area contributed by atoms with Crippen molar-refractivity contribution in [3.63, 3.8) is 0 Å². The van der Waals surface area contributed by atoms with E-state index >= 15 is 0 Å². The molecule has 0 aliphatic rings. The Hall–Kier alpha value is -0.480. The number of hydrogen-bond acceptors (Lipinski definition) is 2. The third-order valence-corrected chi connectivity index (χ3v) is 2.50. The van der Waals surface area contributed by atoms with Gasteiger partial charge in [0.15, 0.2) is 0 Å². The first-order valence-electron chi connectivity index (χ1n) is 3.25. The zero-order valence-electron chi connectivity index (χ0n) is 6.34. The van der Waals surface area contributed by atoms with Crippen molar-refractivity contribution in [1.82, 2.24) is 0 Å². The second kappa shape index (κ2) is 3.49. The fourth-order valence-corrected chi connectivity index (χ4v) is 1.78. The fraction of sp³-hybridized carbons (Fsp3) is 0.125. The van der Waals surface area contributed by atoms with Crippen LogP contribution in [0.4, 0.5) is 0 Å². The summed E-state index contributed by atoms with van der Waals surface area (Å²) in [7, 11) is 0. The molecule has 0 aromatic heterocycles. The number of thiol groups is 1. The smallest absolute Gasteiger partial charge is 0.336 e. The molecule has 4 heteroatoms. The molecule has 0 saturated carbocycles. The monoisotopic (exact) mass is 246 g/mol. The Morgan fingerprint density at radius 3 is 2.67 bits per heavy atom. The molecular weight excluding hydrogens is 240 g/mol. The first-order chi connectivity index (χ1) is 5.52. The molecule has 1 N–H and O–H groups in total. The van der Waals surface area contributed by atoms with Crippen molar-refractivity contribution in [3.05, 3.63) is 27.7 Å². The summed E-state index contributed by atoms with van der Waals surface area (Å²) < 4.78 is 0.732. The highest BCUT2D eigenvalue weighted by atomic mass is 79.9. The molecule has 1 aromatic carbocycles. The number of carbonyl (C=O) groups is 1. The van der Waals surface area contributed by atoms with Crippen molar-refractivity contribution in [3.8, 4) is 0 Å². The van der Waals surface area contributed by atoms with Gasteiger partial charge in [0.05, 0.1) is 5.56 Å². The van der Waals surface area contributed by atoms with Crippen LogP contribution in [0.25, 0.3) is 0 Å². The average Bonchev–Trinajstić information content (AvgIpc) is 1.96. The molecule has 1 rings (SSSR count). The number of aromatic carboxylic acids is 1. The van der Waals surface area contributed by atoms with Crippen LogP contribution in [0.2, 0.25) is 0 Å². The Balaban J connectivity index is 3.37. The largest absolute Gasteiger partial charge is 0.478 e. The normalized spacial score (nSPS) is 9.92. The Morgan fingerprint density at radius 2 is 2.17 bits per heavy atom. The lowest BCUT2D eigenvalue weighted by atomic mass is 10.1. The van der Waals surface area contributed by atoms with E-state index in [0.29, 0.717) is 10.5 Å². The lowest BCUT2D eigenvalue weighted by Crippen LogP contribution is -2.00. The minimum atomic E-state index is -0.927. The SMILES string of the molecule is Cc1c(S)cc(Br)cc1C(=O)O. The third kappa shape index (κ3) is 1.81. The summed E-state index contributed by atoms with van der Waals surface area (Å²) in [6.07, 6.45) is 0. The number of benzene rings is 1. The fourth-order valence-electron chi connectivity index (χ4n) is 0.887. The number of carboxylic acid groups (broad SMARTS) is 1. The molecule has 64 valence electrons. The highest BCUT2D eigenvalue weighted by molar-refractivity contribution is 9.10. The van der Waals surface area contributed by atoms with E-state index in [1.807, 2.05) is 0 Å². The molecule has 0 saturated heterocycles. The van der Waals surface area contributed by atoms with Gasteiger partial charge in [-0.15, -0.1) is 12.6 Å². The molecule has 0 fully saturated rings. The maximum Gasteiger partial charge on any atom is 0.336 e. The van der Waals surface area contributed by atoms with Gasteiger partial charge in [-0.2, -0.15) is 0 Å². The van der Waals surface area contributed by atoms with Crippen molar-refractivity contribution in [1.29, 1.82) is 0 Å². The van der Waals surface area contributed by atoms with Crippen molar-refractivity contribution < 1.29 is 9.90 Å². The maximum atomic E-state index is 10.7. The van der Waals surface area contributed by atoms with Crippen molar-refractivity contribution in [2.45, 2.75) is 11.8 Å². The van der Waals surface area contributed by atoms with E-state index < -0.39 is 5.97 Å². The van der Waals surface area contributed by atoms with Crippen LogP contribution in [0, 0.1) is 6.92 Å². The Morgan fingerprint density at radius 1 is 1.58 bits per heavy atom. The molecule has 12 heavy (non-hydrogen) atoms. The molecule has 1 aromatic rings. The summed E-state index contributed by atoms with van der Waals surface area (Å²) in [5.74, 6) is -0.927. The van der Waals surface area contributed by atoms with Gasteiger partial charge < -0.3 is 5.11 Å². The Labute approximate surface area is 84.1 Å². The van der Waals surface area contributed by atoms with Gasteiger partial charge in [-0.25, -0.2) is 4.79 Å². The highest BCUT2D eigenvalue weighted by Gasteiger charge is 2.09. The second-order valence-electron chi connectivity index (χ2n) is 2.40. The van der Waals surface area contributed by atoms with Gasteiger partial charge >= 0.3 is 5.97 Å². The summed E-state index contributed by atoms with van der Waals surface area (Å²) in [6.45, 7) is 1.73. The van der Waals surface area contributed by atoms with Crippen LogP contribution in [-0.4, -0.2) is 11.1 Å². The zero-order valence-corrected chi connectivity index (χ0v) is 8.82. The highest BCUT2D eigenvalue weighted by Crippen LogP contribution is 2.23. The van der Waals surface area contributed by atoms with Gasteiger partial charge in [-0.05, 0) is 24.6 Å². The third-order valence-electron chi connectivity index (χ3n) is 1.58. The number of hydrogen-bond donors (Lipinski definition) is 2. The minimum absolute atomic E-state index is 0.286. The first kappa shape index (κ1) is 9.61. The topological polar surface area (TPSA) is 37.3 Å². The molecule has 0 spiro atoms. The molecule has 0 unspecified atom stereocenters. The van der Waals surface area contributed by atoms with Crippen LogP contribution in [0.5, 0.6) is 0 Å². The molecule has 0 bridgehead atoms. The van der Waals surface area contributed by atoms with Crippen LogP contribution in [-0.2, 0) is 0 Å². The Bertz CT molecular complexity index is 336. The molecular formula is C8H7BrO2S. The quantitative estimate of drug-likeness (QED) is 0.748. The second-order valence-corrected chi connectivity index (χ2v) is 3.80. The van der Waals surface area contributed by atoms with Crippen molar-refractivity contribution >= 4 is 34.5 Å². The van der Waals surface area contributed by atoms with E-state index in [-0.39, 0.29) is 5.56 Å². The molecule has 0 radical (unpaired) electrons. The molecule has 0 heterocycles. The summed E-state index contributed by atoms with van der Waals surface area (Å²) >= 11 is 7.34. The lowest BCUT2D eigenvalue weighted by Gasteiger charge is -2.04. The molecule has 0 aliphatic carbocycles. The Kier molecular flexibility index (Phi) is 2.80. The number of rotatable bonds is 1. The first-order valence-corrected chi connectivity index (χ1v) is 4.49. The van der Waals surface area contributed by atoms with Gasteiger partial charge in [-0.1, -0.05) is 15.9 Å². The predicted molar refractivity (Wildman–Crippen MR) is 53.1 cm³/mol. The minimum Gasteiger partial charge on any atom is -0.478 e. The van der Waals surface area contributed by atoms with Gasteiger partial charge in [0.1, 0.15) is 0 Å². The predicted octanol–water partition coefficient (Wildman–Crippen LogP) is 2.74. The van der Waals surface area contributed by atoms with E-state index in [9.17, 15) is 4.79 Å². The molecule has 0 amide bonds. The van der Waals surface area contributed by atoms with Crippen molar-refractivity contribution in [2.24, 2.45) is 0 Å². The van der Waals surface area contributed by atoms with Gasteiger partial charge in [0.25, 0.3) is 0 Å². The van der Waals surface area contributed by atoms with E-state index in [1.54, 1.807) is 19.1 Å². The van der Waals surface area contributed by atoms with Crippen LogP contribution in [0.3, 0.4) is 0 Å². The molecule has 2 nitrogen and oxygen atoms in total. The van der Waals surface area contributed by atoms with Crippen LogP contribution in [0.15, 0.2) is 21.5 Å². The summed E-state index contributed by atoms with van der Waals surface area (Å²) in [4.78, 5) is 11.4. The molecule has 0 atom stereocenters. The molecule has 0 aliphatic heterocycles. The van der Waals surface area contributed by atoms with Crippen LogP contribution in [0.1, 0.15) is 15.9 Å². The van der Waals surface area contributed by atoms with Crippen LogP contribution >= 0.6 is 28.6 Å². The van der Waals surface area contributed by atoms with E-state index in [1.165, 1.54) is 0 Å². The van der Waals surface area contributed by atoms with Gasteiger partial charge in [0.2, 0.25) is 0 Å². The standard InChI is InChI=1S/C8H7BrO2S/c1-4-6(8(10)11)2-5(9)3-7(4)12/h2-3,12H,1H3,(H,10,11). The van der Waals surface area contributed by atoms with Crippen molar-refractivity contribution in [2.75, 3.05) is 0 Å². The lowest BCUT2D eigenvalue weighted by molar-refractivity contribution is 0.0695. The van der Waals surface area contributed by atoms with E-state index in [4.69, 9.17) is 5.11 Å². The van der Waals surface area contributed by atoms with Gasteiger partial charge in [0, 0.05) is 9.37 Å². The zero-order chi connectivity index (χ0) is 9.30.